The second-order valence-electron chi connectivity index (χ2n) is 6.97. The number of hydrogen-bond acceptors (Lipinski definition) is 5. The van der Waals surface area contributed by atoms with Crippen LogP contribution in [-0.4, -0.2) is 43.6 Å². The molecule has 140 valence electrons. The van der Waals surface area contributed by atoms with Crippen molar-refractivity contribution in [2.45, 2.75) is 26.2 Å². The minimum Gasteiger partial charge on any atom is -0.484 e. The molecule has 1 amide bonds. The SMILES string of the molecule is CC1CCN(CCCNC(=O)COc2ccc3ccc(=O)oc3c2)CC1. The number of amides is 1. The zero-order valence-electron chi connectivity index (χ0n) is 15.2. The molecule has 1 aliphatic rings. The van der Waals surface area contributed by atoms with Gasteiger partial charge in [0.25, 0.3) is 5.91 Å². The number of benzene rings is 1. The van der Waals surface area contributed by atoms with Crippen molar-refractivity contribution in [2.75, 3.05) is 32.8 Å². The molecule has 1 N–H and O–H groups in total. The van der Waals surface area contributed by atoms with E-state index in [-0.39, 0.29) is 12.5 Å². The summed E-state index contributed by atoms with van der Waals surface area (Å²) in [7, 11) is 0. The van der Waals surface area contributed by atoms with E-state index in [0.717, 1.165) is 37.4 Å². The molecule has 1 aliphatic heterocycles. The number of nitrogens with zero attached hydrogens (tertiary/aromatic N) is 1. The molecule has 26 heavy (non-hydrogen) atoms. The highest BCUT2D eigenvalue weighted by Gasteiger charge is 2.14. The molecule has 2 heterocycles. The van der Waals surface area contributed by atoms with Crippen LogP contribution in [0, 0.1) is 5.92 Å². The lowest BCUT2D eigenvalue weighted by Gasteiger charge is -2.30. The van der Waals surface area contributed by atoms with E-state index in [2.05, 4.69) is 17.1 Å². The molecular weight excluding hydrogens is 332 g/mol. The van der Waals surface area contributed by atoms with Crippen molar-refractivity contribution in [3.8, 4) is 5.75 Å². The third-order valence-corrected chi connectivity index (χ3v) is 4.81. The van der Waals surface area contributed by atoms with Gasteiger partial charge in [-0.15, -0.1) is 0 Å². The fourth-order valence-electron chi connectivity index (χ4n) is 3.15. The van der Waals surface area contributed by atoms with Crippen LogP contribution in [0.25, 0.3) is 11.0 Å². The minimum absolute atomic E-state index is 0.0518. The second-order valence-corrected chi connectivity index (χ2v) is 6.97. The van der Waals surface area contributed by atoms with E-state index >= 15 is 0 Å². The molecule has 1 fully saturated rings. The van der Waals surface area contributed by atoms with Gasteiger partial charge in [0.05, 0.1) is 0 Å². The van der Waals surface area contributed by atoms with Crippen molar-refractivity contribution in [1.82, 2.24) is 10.2 Å². The lowest BCUT2D eigenvalue weighted by atomic mass is 9.99. The molecule has 0 aliphatic carbocycles. The number of hydrogen-bond donors (Lipinski definition) is 1. The Labute approximate surface area is 153 Å². The summed E-state index contributed by atoms with van der Waals surface area (Å²) in [5, 5.41) is 3.70. The van der Waals surface area contributed by atoms with Crippen LogP contribution in [0.1, 0.15) is 26.2 Å². The van der Waals surface area contributed by atoms with Gasteiger partial charge in [0.1, 0.15) is 11.3 Å². The van der Waals surface area contributed by atoms with Crippen molar-refractivity contribution in [3.63, 3.8) is 0 Å². The van der Waals surface area contributed by atoms with Crippen LogP contribution in [0.4, 0.5) is 0 Å². The Morgan fingerprint density at radius 3 is 2.85 bits per heavy atom. The predicted octanol–water partition coefficient (Wildman–Crippen LogP) is 2.41. The van der Waals surface area contributed by atoms with Gasteiger partial charge in [-0.1, -0.05) is 6.92 Å². The summed E-state index contributed by atoms with van der Waals surface area (Å²) in [4.78, 5) is 25.6. The van der Waals surface area contributed by atoms with Crippen LogP contribution in [0.3, 0.4) is 0 Å². The number of piperidine rings is 1. The normalized spacial score (nSPS) is 15.9. The standard InChI is InChI=1S/C20H26N2O4/c1-15-7-11-22(12-8-15)10-2-9-21-19(23)14-25-17-5-3-16-4-6-20(24)26-18(16)13-17/h3-6,13,15H,2,7-12,14H2,1H3,(H,21,23). The Balaban J connectivity index is 1.37. The van der Waals surface area contributed by atoms with Crippen molar-refractivity contribution in [2.24, 2.45) is 5.92 Å². The van der Waals surface area contributed by atoms with E-state index in [1.807, 2.05) is 0 Å². The van der Waals surface area contributed by atoms with E-state index in [1.165, 1.54) is 18.9 Å². The van der Waals surface area contributed by atoms with Gasteiger partial charge >= 0.3 is 5.63 Å². The highest BCUT2D eigenvalue weighted by atomic mass is 16.5. The van der Waals surface area contributed by atoms with Gasteiger partial charge in [0.15, 0.2) is 6.61 Å². The van der Waals surface area contributed by atoms with Crippen molar-refractivity contribution in [3.05, 3.63) is 40.8 Å². The highest BCUT2D eigenvalue weighted by molar-refractivity contribution is 5.79. The Hall–Kier alpha value is -2.34. The van der Waals surface area contributed by atoms with Gasteiger partial charge in [0.2, 0.25) is 0 Å². The Bertz CT molecular complexity index is 794. The predicted molar refractivity (Wildman–Crippen MR) is 100 cm³/mol. The molecule has 0 bridgehead atoms. The largest absolute Gasteiger partial charge is 0.484 e. The number of carbonyl (C=O) groups excluding carboxylic acids is 1. The first kappa shape index (κ1) is 18.5. The Morgan fingerprint density at radius 1 is 1.27 bits per heavy atom. The maximum absolute atomic E-state index is 11.9. The molecule has 6 heteroatoms. The average Bonchev–Trinajstić information content (AvgIpc) is 2.64. The number of carbonyl (C=O) groups is 1. The fraction of sp³-hybridized carbons (Fsp3) is 0.500. The molecule has 0 atom stereocenters. The van der Waals surface area contributed by atoms with Crippen molar-refractivity contribution >= 4 is 16.9 Å². The van der Waals surface area contributed by atoms with E-state index in [1.54, 1.807) is 24.3 Å². The van der Waals surface area contributed by atoms with Gasteiger partial charge in [-0.3, -0.25) is 4.79 Å². The molecule has 0 saturated carbocycles. The highest BCUT2D eigenvalue weighted by Crippen LogP contribution is 2.19. The van der Waals surface area contributed by atoms with Gasteiger partial charge < -0.3 is 19.4 Å². The summed E-state index contributed by atoms with van der Waals surface area (Å²) in [5.74, 6) is 1.20. The zero-order valence-corrected chi connectivity index (χ0v) is 15.2. The summed E-state index contributed by atoms with van der Waals surface area (Å²) < 4.78 is 10.6. The maximum Gasteiger partial charge on any atom is 0.336 e. The molecule has 2 aromatic rings. The molecule has 0 unspecified atom stereocenters. The molecule has 1 saturated heterocycles. The van der Waals surface area contributed by atoms with E-state index in [9.17, 15) is 9.59 Å². The number of likely N-dealkylation sites (tertiary alicyclic amines) is 1. The van der Waals surface area contributed by atoms with Crippen LogP contribution in [0.5, 0.6) is 5.75 Å². The molecule has 0 radical (unpaired) electrons. The molecule has 3 rings (SSSR count). The van der Waals surface area contributed by atoms with Crippen LogP contribution in [0.2, 0.25) is 0 Å². The third-order valence-electron chi connectivity index (χ3n) is 4.81. The van der Waals surface area contributed by atoms with Gasteiger partial charge in [0, 0.05) is 24.1 Å². The van der Waals surface area contributed by atoms with E-state index < -0.39 is 5.63 Å². The second kappa shape index (κ2) is 8.85. The first-order valence-corrected chi connectivity index (χ1v) is 9.26. The van der Waals surface area contributed by atoms with Crippen LogP contribution in [-0.2, 0) is 4.79 Å². The summed E-state index contributed by atoms with van der Waals surface area (Å²) in [6.07, 6.45) is 3.49. The lowest BCUT2D eigenvalue weighted by Crippen LogP contribution is -2.36. The molecule has 0 spiro atoms. The summed E-state index contributed by atoms with van der Waals surface area (Å²) in [5.41, 5.74) is 0.0433. The third kappa shape index (κ3) is 5.33. The van der Waals surface area contributed by atoms with Crippen molar-refractivity contribution in [1.29, 1.82) is 0 Å². The van der Waals surface area contributed by atoms with Gasteiger partial charge in [-0.05, 0) is 63.0 Å². The minimum atomic E-state index is -0.407. The quantitative estimate of drug-likeness (QED) is 0.608. The number of ether oxygens (including phenoxy) is 1. The van der Waals surface area contributed by atoms with E-state index in [0.29, 0.717) is 17.9 Å². The average molecular weight is 358 g/mol. The summed E-state index contributed by atoms with van der Waals surface area (Å²) >= 11 is 0. The topological polar surface area (TPSA) is 71.8 Å². The molecule has 1 aromatic carbocycles. The van der Waals surface area contributed by atoms with Crippen LogP contribution in [0.15, 0.2) is 39.5 Å². The van der Waals surface area contributed by atoms with E-state index in [4.69, 9.17) is 9.15 Å². The summed E-state index contributed by atoms with van der Waals surface area (Å²) in [6, 6.07) is 8.25. The van der Waals surface area contributed by atoms with Gasteiger partial charge in [-0.2, -0.15) is 0 Å². The lowest BCUT2D eigenvalue weighted by molar-refractivity contribution is -0.123. The fourth-order valence-corrected chi connectivity index (χ4v) is 3.15. The number of fused-ring (bicyclic) bond motifs is 1. The Kier molecular flexibility index (Phi) is 6.28. The Morgan fingerprint density at radius 2 is 2.04 bits per heavy atom. The first-order valence-electron chi connectivity index (χ1n) is 9.26. The molecule has 1 aromatic heterocycles. The maximum atomic E-state index is 11.9. The van der Waals surface area contributed by atoms with Crippen LogP contribution < -0.4 is 15.7 Å². The first-order chi connectivity index (χ1) is 12.6. The number of nitrogens with one attached hydrogen (secondary N) is 1. The van der Waals surface area contributed by atoms with Gasteiger partial charge in [-0.25, -0.2) is 4.79 Å². The summed E-state index contributed by atoms with van der Waals surface area (Å²) in [6.45, 7) is 6.26. The molecular formula is C20H26N2O4. The monoisotopic (exact) mass is 358 g/mol. The smallest absolute Gasteiger partial charge is 0.336 e. The van der Waals surface area contributed by atoms with Crippen LogP contribution >= 0.6 is 0 Å². The van der Waals surface area contributed by atoms with Crippen molar-refractivity contribution < 1.29 is 13.9 Å². The number of rotatable bonds is 7. The molecule has 6 nitrogen and oxygen atoms in total. The zero-order chi connectivity index (χ0) is 18.4.